The predicted molar refractivity (Wildman–Crippen MR) is 73.5 cm³/mol. The Bertz CT molecular complexity index is 671. The Kier molecular flexibility index (Phi) is 4.60. The first-order valence-corrected chi connectivity index (χ1v) is 6.44. The molecule has 9 heteroatoms. The van der Waals surface area contributed by atoms with E-state index < -0.39 is 23.7 Å². The van der Waals surface area contributed by atoms with Gasteiger partial charge >= 0.3 is 12.3 Å². The second kappa shape index (κ2) is 6.27. The Labute approximate surface area is 128 Å². The van der Waals surface area contributed by atoms with Crippen LogP contribution < -0.4 is 5.32 Å². The quantitative estimate of drug-likeness (QED) is 0.928. The number of ether oxygens (including phenoxy) is 1. The summed E-state index contributed by atoms with van der Waals surface area (Å²) in [6, 6.07) is 8.71. The van der Waals surface area contributed by atoms with Gasteiger partial charge in [0.2, 0.25) is 0 Å². The van der Waals surface area contributed by atoms with Crippen molar-refractivity contribution in [2.45, 2.75) is 12.8 Å². The van der Waals surface area contributed by atoms with Crippen molar-refractivity contribution in [2.24, 2.45) is 7.05 Å². The SMILES string of the molecule is Cn1nc(C(F)(F)F)c(NC(=O)OCc2ccccc2)c1Cl. The van der Waals surface area contributed by atoms with Crippen LogP contribution in [0.25, 0.3) is 0 Å². The Balaban J connectivity index is 2.09. The van der Waals surface area contributed by atoms with Gasteiger partial charge in [0.05, 0.1) is 0 Å². The first-order valence-electron chi connectivity index (χ1n) is 6.06. The number of nitrogens with one attached hydrogen (secondary N) is 1. The topological polar surface area (TPSA) is 56.2 Å². The van der Waals surface area contributed by atoms with E-state index in [9.17, 15) is 18.0 Å². The van der Waals surface area contributed by atoms with Crippen LogP contribution >= 0.6 is 11.6 Å². The van der Waals surface area contributed by atoms with Crippen LogP contribution in [0, 0.1) is 0 Å². The summed E-state index contributed by atoms with van der Waals surface area (Å²) < 4.78 is 44.1. The van der Waals surface area contributed by atoms with Crippen LogP contribution in [0.4, 0.5) is 23.7 Å². The van der Waals surface area contributed by atoms with E-state index >= 15 is 0 Å². The lowest BCUT2D eigenvalue weighted by Gasteiger charge is -2.09. The summed E-state index contributed by atoms with van der Waals surface area (Å²) >= 11 is 5.71. The van der Waals surface area contributed by atoms with Gasteiger partial charge in [0.25, 0.3) is 0 Å². The van der Waals surface area contributed by atoms with E-state index in [0.29, 0.717) is 5.56 Å². The minimum absolute atomic E-state index is 0.0775. The zero-order chi connectivity index (χ0) is 16.3. The van der Waals surface area contributed by atoms with Crippen molar-refractivity contribution in [3.05, 3.63) is 46.7 Å². The Morgan fingerprint density at radius 3 is 2.59 bits per heavy atom. The summed E-state index contributed by atoms with van der Waals surface area (Å²) in [5.74, 6) is 0. The standard InChI is InChI=1S/C13H11ClF3N3O2/c1-20-11(14)9(10(19-20)13(15,16)17)18-12(21)22-7-8-5-3-2-4-6-8/h2-6H,7H2,1H3,(H,18,21). The molecule has 0 atom stereocenters. The van der Waals surface area contributed by atoms with E-state index in [1.807, 2.05) is 5.32 Å². The lowest BCUT2D eigenvalue weighted by atomic mass is 10.2. The molecule has 2 aromatic rings. The maximum atomic E-state index is 12.8. The summed E-state index contributed by atoms with van der Waals surface area (Å²) in [5.41, 5.74) is -1.21. The number of aromatic nitrogens is 2. The molecular formula is C13H11ClF3N3O2. The monoisotopic (exact) mass is 333 g/mol. The number of amides is 1. The number of anilines is 1. The van der Waals surface area contributed by atoms with Crippen molar-refractivity contribution in [1.82, 2.24) is 9.78 Å². The maximum absolute atomic E-state index is 12.8. The molecule has 0 aliphatic carbocycles. The number of hydrogen-bond donors (Lipinski definition) is 1. The summed E-state index contributed by atoms with van der Waals surface area (Å²) in [4.78, 5) is 11.6. The minimum atomic E-state index is -4.74. The third-order valence-electron chi connectivity index (χ3n) is 2.69. The molecular weight excluding hydrogens is 323 g/mol. The van der Waals surface area contributed by atoms with Crippen LogP contribution in [0.5, 0.6) is 0 Å². The summed E-state index contributed by atoms with van der Waals surface area (Å²) in [5, 5.41) is 4.88. The van der Waals surface area contributed by atoms with E-state index in [-0.39, 0.29) is 11.8 Å². The lowest BCUT2D eigenvalue weighted by molar-refractivity contribution is -0.140. The molecule has 1 aromatic heterocycles. The van der Waals surface area contributed by atoms with Crippen molar-refractivity contribution < 1.29 is 22.7 Å². The molecule has 1 N–H and O–H groups in total. The number of aryl methyl sites for hydroxylation is 1. The Morgan fingerprint density at radius 2 is 2.00 bits per heavy atom. The van der Waals surface area contributed by atoms with E-state index in [4.69, 9.17) is 16.3 Å². The second-order valence-electron chi connectivity index (χ2n) is 4.32. The molecule has 0 bridgehead atoms. The van der Waals surface area contributed by atoms with Crippen molar-refractivity contribution in [2.75, 3.05) is 5.32 Å². The zero-order valence-electron chi connectivity index (χ0n) is 11.3. The van der Waals surface area contributed by atoms with E-state index in [0.717, 1.165) is 4.68 Å². The van der Waals surface area contributed by atoms with Crippen molar-refractivity contribution >= 4 is 23.4 Å². The largest absolute Gasteiger partial charge is 0.444 e. The average Bonchev–Trinajstić information content (AvgIpc) is 2.74. The number of carbonyl (C=O) groups is 1. The van der Waals surface area contributed by atoms with Crippen LogP contribution in [0.1, 0.15) is 11.3 Å². The number of alkyl halides is 3. The molecule has 1 heterocycles. The van der Waals surface area contributed by atoms with Crippen LogP contribution in [0.3, 0.4) is 0 Å². The highest BCUT2D eigenvalue weighted by atomic mass is 35.5. The molecule has 0 saturated heterocycles. The van der Waals surface area contributed by atoms with Gasteiger partial charge in [-0.15, -0.1) is 0 Å². The van der Waals surface area contributed by atoms with Gasteiger partial charge in [-0.25, -0.2) is 4.79 Å². The van der Waals surface area contributed by atoms with Crippen molar-refractivity contribution in [1.29, 1.82) is 0 Å². The summed E-state index contributed by atoms with van der Waals surface area (Å²) in [6.07, 6.45) is -5.79. The molecule has 22 heavy (non-hydrogen) atoms. The van der Waals surface area contributed by atoms with Gasteiger partial charge in [-0.1, -0.05) is 41.9 Å². The molecule has 0 aliphatic heterocycles. The third-order valence-corrected chi connectivity index (χ3v) is 3.12. The molecule has 0 fully saturated rings. The fraction of sp³-hybridized carbons (Fsp3) is 0.231. The molecule has 118 valence electrons. The van der Waals surface area contributed by atoms with Gasteiger partial charge in [-0.2, -0.15) is 18.3 Å². The molecule has 0 aliphatic rings. The highest BCUT2D eigenvalue weighted by Gasteiger charge is 2.39. The van der Waals surface area contributed by atoms with Gasteiger partial charge in [0.1, 0.15) is 12.3 Å². The molecule has 0 radical (unpaired) electrons. The van der Waals surface area contributed by atoms with Crippen LogP contribution in [0.2, 0.25) is 5.15 Å². The minimum Gasteiger partial charge on any atom is -0.444 e. The molecule has 1 aromatic carbocycles. The van der Waals surface area contributed by atoms with Gasteiger partial charge in [-0.3, -0.25) is 10.00 Å². The van der Waals surface area contributed by atoms with E-state index in [2.05, 4.69) is 5.10 Å². The molecule has 0 unspecified atom stereocenters. The smallest absolute Gasteiger partial charge is 0.437 e. The van der Waals surface area contributed by atoms with Gasteiger partial charge in [0.15, 0.2) is 10.8 Å². The molecule has 1 amide bonds. The summed E-state index contributed by atoms with van der Waals surface area (Å²) in [6.45, 7) is -0.0775. The fourth-order valence-corrected chi connectivity index (χ4v) is 1.85. The second-order valence-corrected chi connectivity index (χ2v) is 4.68. The number of carbonyl (C=O) groups excluding carboxylic acids is 1. The maximum Gasteiger partial charge on any atom is 0.437 e. The first-order chi connectivity index (χ1) is 10.3. The van der Waals surface area contributed by atoms with Gasteiger partial charge in [-0.05, 0) is 5.56 Å². The first kappa shape index (κ1) is 16.2. The molecule has 2 rings (SSSR count). The highest BCUT2D eigenvalue weighted by Crippen LogP contribution is 2.37. The van der Waals surface area contributed by atoms with Crippen molar-refractivity contribution in [3.8, 4) is 0 Å². The molecule has 0 saturated carbocycles. The van der Waals surface area contributed by atoms with Crippen LogP contribution in [-0.2, 0) is 24.6 Å². The summed E-state index contributed by atoms with van der Waals surface area (Å²) in [7, 11) is 1.23. The number of halogens is 4. The van der Waals surface area contributed by atoms with Gasteiger partial charge < -0.3 is 4.74 Å². The lowest BCUT2D eigenvalue weighted by Crippen LogP contribution is -2.17. The predicted octanol–water partition coefficient (Wildman–Crippen LogP) is 3.84. The Morgan fingerprint density at radius 1 is 1.36 bits per heavy atom. The van der Waals surface area contributed by atoms with Crippen LogP contribution in [0.15, 0.2) is 30.3 Å². The van der Waals surface area contributed by atoms with E-state index in [1.165, 1.54) is 7.05 Å². The number of nitrogens with zero attached hydrogens (tertiary/aromatic N) is 2. The van der Waals surface area contributed by atoms with E-state index in [1.54, 1.807) is 30.3 Å². The molecule has 5 nitrogen and oxygen atoms in total. The Hall–Kier alpha value is -2.22. The molecule has 0 spiro atoms. The van der Waals surface area contributed by atoms with Gasteiger partial charge in [0, 0.05) is 7.05 Å². The average molecular weight is 334 g/mol. The normalized spacial score (nSPS) is 11.3. The van der Waals surface area contributed by atoms with Crippen molar-refractivity contribution in [3.63, 3.8) is 0 Å². The third kappa shape index (κ3) is 3.70. The number of benzene rings is 1. The highest BCUT2D eigenvalue weighted by molar-refractivity contribution is 6.32. The fourth-order valence-electron chi connectivity index (χ4n) is 1.67. The number of hydrogen-bond acceptors (Lipinski definition) is 3. The van der Waals surface area contributed by atoms with Crippen LogP contribution in [-0.4, -0.2) is 15.9 Å². The number of rotatable bonds is 3. The zero-order valence-corrected chi connectivity index (χ0v) is 12.1.